The van der Waals surface area contributed by atoms with Crippen molar-refractivity contribution in [2.75, 3.05) is 7.11 Å². The first-order chi connectivity index (χ1) is 9.78. The van der Waals surface area contributed by atoms with Crippen LogP contribution < -0.4 is 4.74 Å². The lowest BCUT2D eigenvalue weighted by molar-refractivity contribution is -0.0821. The predicted molar refractivity (Wildman–Crippen MR) is 85.6 cm³/mol. The average molecular weight is 286 g/mol. The highest BCUT2D eigenvalue weighted by Crippen LogP contribution is 2.65. The molecule has 2 nitrogen and oxygen atoms in total. The van der Waals surface area contributed by atoms with Gasteiger partial charge in [-0.15, -0.1) is 0 Å². The van der Waals surface area contributed by atoms with Gasteiger partial charge in [0, 0.05) is 5.41 Å². The molecular formula is C19H26O2. The molecule has 1 aromatic carbocycles. The van der Waals surface area contributed by atoms with E-state index in [0.717, 1.165) is 18.6 Å². The third-order valence-corrected chi connectivity index (χ3v) is 6.57. The molecule has 4 atom stereocenters. The first-order valence-electron chi connectivity index (χ1n) is 7.85. The quantitative estimate of drug-likeness (QED) is 0.830. The molecule has 2 aliphatic rings. The highest BCUT2D eigenvalue weighted by molar-refractivity contribution is 5.48. The molecule has 1 aromatic rings. The van der Waals surface area contributed by atoms with Crippen molar-refractivity contribution in [1.29, 1.82) is 0 Å². The molecule has 1 saturated carbocycles. The SMILES string of the molecule is COc1ccc([C@@]23C=C(C)[C@@](C)(CC[C@]2(C)O)[C@@H]3C)cc1. The molecule has 0 unspecified atom stereocenters. The van der Waals surface area contributed by atoms with Crippen molar-refractivity contribution in [2.45, 2.75) is 51.6 Å². The summed E-state index contributed by atoms with van der Waals surface area (Å²) in [5, 5.41) is 11.2. The third-order valence-electron chi connectivity index (χ3n) is 6.57. The van der Waals surface area contributed by atoms with Gasteiger partial charge in [-0.05, 0) is 55.7 Å². The fraction of sp³-hybridized carbons (Fsp3) is 0.579. The zero-order valence-corrected chi connectivity index (χ0v) is 13.7. The van der Waals surface area contributed by atoms with Gasteiger partial charge in [-0.25, -0.2) is 0 Å². The zero-order chi connectivity index (χ0) is 15.5. The van der Waals surface area contributed by atoms with E-state index in [1.165, 1.54) is 11.1 Å². The molecule has 114 valence electrons. The largest absolute Gasteiger partial charge is 0.497 e. The van der Waals surface area contributed by atoms with Crippen LogP contribution in [0, 0.1) is 11.3 Å². The minimum Gasteiger partial charge on any atom is -0.497 e. The van der Waals surface area contributed by atoms with Crippen molar-refractivity contribution in [1.82, 2.24) is 0 Å². The lowest BCUT2D eigenvalue weighted by Gasteiger charge is -2.54. The summed E-state index contributed by atoms with van der Waals surface area (Å²) in [4.78, 5) is 0. The Morgan fingerprint density at radius 1 is 1.14 bits per heavy atom. The molecule has 0 heterocycles. The summed E-state index contributed by atoms with van der Waals surface area (Å²) in [5.41, 5.74) is 1.81. The lowest BCUT2D eigenvalue weighted by atomic mass is 9.52. The standard InChI is InChI=1S/C19H26O2/c1-13-12-19(15-6-8-16(21-5)9-7-15)14(2)17(13,3)10-11-18(19,4)20/h6-9,12,14,20H,10-11H2,1-5H3/t14-,17+,18-,19-/m0/s1. The fourth-order valence-corrected chi connectivity index (χ4v) is 4.73. The Balaban J connectivity index is 2.19. The molecule has 0 spiro atoms. The summed E-state index contributed by atoms with van der Waals surface area (Å²) in [5.74, 6) is 1.25. The summed E-state index contributed by atoms with van der Waals surface area (Å²) in [6.45, 7) is 8.88. The third kappa shape index (κ3) is 1.69. The van der Waals surface area contributed by atoms with Gasteiger partial charge in [0.1, 0.15) is 5.75 Å². The smallest absolute Gasteiger partial charge is 0.118 e. The van der Waals surface area contributed by atoms with E-state index >= 15 is 0 Å². The Morgan fingerprint density at radius 3 is 2.33 bits per heavy atom. The number of benzene rings is 1. The highest BCUT2D eigenvalue weighted by Gasteiger charge is 2.63. The number of hydrogen-bond acceptors (Lipinski definition) is 2. The molecular weight excluding hydrogens is 260 g/mol. The zero-order valence-electron chi connectivity index (χ0n) is 13.7. The average Bonchev–Trinajstić information content (AvgIpc) is 2.63. The molecule has 21 heavy (non-hydrogen) atoms. The predicted octanol–water partition coefficient (Wildman–Crippen LogP) is 4.08. The molecule has 3 rings (SSSR count). The van der Waals surface area contributed by atoms with Gasteiger partial charge in [0.15, 0.2) is 0 Å². The van der Waals surface area contributed by atoms with Crippen LogP contribution in [0.4, 0.5) is 0 Å². The second-order valence-corrected chi connectivity index (χ2v) is 7.34. The number of allylic oxidation sites excluding steroid dienone is 1. The van der Waals surface area contributed by atoms with Crippen LogP contribution in [-0.4, -0.2) is 17.8 Å². The van der Waals surface area contributed by atoms with Gasteiger partial charge >= 0.3 is 0 Å². The maximum Gasteiger partial charge on any atom is 0.118 e. The van der Waals surface area contributed by atoms with Gasteiger partial charge in [-0.1, -0.05) is 37.6 Å². The van der Waals surface area contributed by atoms with Gasteiger partial charge in [0.05, 0.1) is 12.7 Å². The Bertz CT molecular complexity index is 584. The lowest BCUT2D eigenvalue weighted by Crippen LogP contribution is -2.57. The van der Waals surface area contributed by atoms with E-state index in [2.05, 4.69) is 39.0 Å². The maximum atomic E-state index is 11.2. The second kappa shape index (κ2) is 4.36. The van der Waals surface area contributed by atoms with E-state index in [0.29, 0.717) is 5.92 Å². The molecule has 0 radical (unpaired) electrons. The van der Waals surface area contributed by atoms with Crippen LogP contribution >= 0.6 is 0 Å². The molecule has 0 aliphatic heterocycles. The van der Waals surface area contributed by atoms with E-state index in [9.17, 15) is 5.11 Å². The minimum absolute atomic E-state index is 0.197. The van der Waals surface area contributed by atoms with Crippen LogP contribution in [-0.2, 0) is 5.41 Å². The highest BCUT2D eigenvalue weighted by atomic mass is 16.5. The summed E-state index contributed by atoms with van der Waals surface area (Å²) in [6.07, 6.45) is 4.24. The summed E-state index contributed by atoms with van der Waals surface area (Å²) in [7, 11) is 1.68. The first kappa shape index (κ1) is 14.6. The van der Waals surface area contributed by atoms with Crippen LogP contribution in [0.2, 0.25) is 0 Å². The molecule has 0 saturated heterocycles. The van der Waals surface area contributed by atoms with Crippen molar-refractivity contribution in [3.05, 3.63) is 41.5 Å². The van der Waals surface area contributed by atoms with Crippen molar-refractivity contribution in [3.8, 4) is 5.75 Å². The Labute approximate surface area is 127 Å². The first-order valence-corrected chi connectivity index (χ1v) is 7.85. The van der Waals surface area contributed by atoms with Crippen LogP contribution in [0.25, 0.3) is 0 Å². The van der Waals surface area contributed by atoms with Gasteiger partial charge < -0.3 is 9.84 Å². The Kier molecular flexibility index (Phi) is 3.04. The van der Waals surface area contributed by atoms with Crippen molar-refractivity contribution in [2.24, 2.45) is 11.3 Å². The minimum atomic E-state index is -0.710. The Hall–Kier alpha value is -1.28. The van der Waals surface area contributed by atoms with E-state index < -0.39 is 5.60 Å². The maximum absolute atomic E-state index is 11.2. The topological polar surface area (TPSA) is 29.5 Å². The van der Waals surface area contributed by atoms with Crippen molar-refractivity contribution < 1.29 is 9.84 Å². The van der Waals surface area contributed by atoms with Gasteiger partial charge in [-0.2, -0.15) is 0 Å². The monoisotopic (exact) mass is 286 g/mol. The Morgan fingerprint density at radius 2 is 1.76 bits per heavy atom. The van der Waals surface area contributed by atoms with E-state index in [1.807, 2.05) is 19.1 Å². The summed E-state index contributed by atoms with van der Waals surface area (Å²) in [6, 6.07) is 8.23. The number of fused-ring (bicyclic) bond motifs is 2. The van der Waals surface area contributed by atoms with Crippen LogP contribution in [0.3, 0.4) is 0 Å². The normalized spacial score (nSPS) is 41.8. The second-order valence-electron chi connectivity index (χ2n) is 7.34. The molecule has 2 aliphatic carbocycles. The van der Waals surface area contributed by atoms with Crippen LogP contribution in [0.1, 0.15) is 46.1 Å². The number of hydrogen-bond donors (Lipinski definition) is 1. The van der Waals surface area contributed by atoms with E-state index in [-0.39, 0.29) is 10.8 Å². The van der Waals surface area contributed by atoms with E-state index in [1.54, 1.807) is 7.11 Å². The van der Waals surface area contributed by atoms with Crippen molar-refractivity contribution in [3.63, 3.8) is 0 Å². The number of ether oxygens (including phenoxy) is 1. The molecule has 0 aromatic heterocycles. The molecule has 2 bridgehead atoms. The fourth-order valence-electron chi connectivity index (χ4n) is 4.73. The number of methoxy groups -OCH3 is 1. The van der Waals surface area contributed by atoms with E-state index in [4.69, 9.17) is 4.74 Å². The molecule has 2 heteroatoms. The molecule has 0 amide bonds. The van der Waals surface area contributed by atoms with Crippen LogP contribution in [0.15, 0.2) is 35.9 Å². The number of rotatable bonds is 2. The molecule has 1 fully saturated rings. The van der Waals surface area contributed by atoms with Gasteiger partial charge in [0.25, 0.3) is 0 Å². The molecule has 1 N–H and O–H groups in total. The van der Waals surface area contributed by atoms with Gasteiger partial charge in [-0.3, -0.25) is 0 Å². The number of aliphatic hydroxyl groups is 1. The van der Waals surface area contributed by atoms with Crippen LogP contribution in [0.5, 0.6) is 5.75 Å². The summed E-state index contributed by atoms with van der Waals surface area (Å²) < 4.78 is 5.28. The summed E-state index contributed by atoms with van der Waals surface area (Å²) >= 11 is 0. The van der Waals surface area contributed by atoms with Crippen molar-refractivity contribution >= 4 is 0 Å². The van der Waals surface area contributed by atoms with Gasteiger partial charge in [0.2, 0.25) is 0 Å².